The molecule has 17 heavy (non-hydrogen) atoms. The zero-order valence-electron chi connectivity index (χ0n) is 9.55. The number of alkyl halides is 1. The zero-order valence-corrected chi connectivity index (χ0v) is 12.0. The van der Waals surface area contributed by atoms with Crippen LogP contribution in [0.2, 0.25) is 0 Å². The van der Waals surface area contributed by atoms with Gasteiger partial charge in [-0.3, -0.25) is 0 Å². The quantitative estimate of drug-likeness (QED) is 0.708. The molecule has 0 nitrogen and oxygen atoms in total. The van der Waals surface area contributed by atoms with Gasteiger partial charge in [0, 0.05) is 9.70 Å². The molecule has 0 aliphatic heterocycles. The molecule has 3 unspecified atom stereocenters. The van der Waals surface area contributed by atoms with Crippen LogP contribution < -0.4 is 0 Å². The highest BCUT2D eigenvalue weighted by atomic mass is 79.9. The van der Waals surface area contributed by atoms with Crippen LogP contribution in [0.25, 0.3) is 0 Å². The highest BCUT2D eigenvalue weighted by molar-refractivity contribution is 9.09. The van der Waals surface area contributed by atoms with Crippen molar-refractivity contribution in [3.05, 3.63) is 58.3 Å². The highest BCUT2D eigenvalue weighted by Gasteiger charge is 2.42. The Labute approximate surface area is 115 Å². The average molecular weight is 307 g/mol. The smallest absolute Gasteiger partial charge is 0.0228 e. The van der Waals surface area contributed by atoms with E-state index in [0.29, 0.717) is 4.83 Å². The fraction of sp³-hybridized carbons (Fsp3) is 0.333. The third kappa shape index (κ3) is 2.63. The number of benzene rings is 1. The first-order chi connectivity index (χ1) is 8.34. The van der Waals surface area contributed by atoms with Crippen molar-refractivity contribution >= 4 is 27.3 Å². The van der Waals surface area contributed by atoms with Crippen molar-refractivity contribution in [2.75, 3.05) is 0 Å². The Balaban J connectivity index is 1.61. The van der Waals surface area contributed by atoms with Gasteiger partial charge in [0.05, 0.1) is 0 Å². The van der Waals surface area contributed by atoms with Gasteiger partial charge in [0.2, 0.25) is 0 Å². The standard InChI is InChI=1S/C15H15BrS/c16-15(9-12-7-4-8-17-12)14-10-13(14)11-5-2-1-3-6-11/h1-8,13-15H,9-10H2. The van der Waals surface area contributed by atoms with E-state index in [0.717, 1.165) is 11.8 Å². The van der Waals surface area contributed by atoms with Crippen molar-refractivity contribution in [2.24, 2.45) is 5.92 Å². The topological polar surface area (TPSA) is 0 Å². The van der Waals surface area contributed by atoms with Crippen LogP contribution >= 0.6 is 27.3 Å². The third-order valence-corrected chi connectivity index (χ3v) is 5.41. The molecule has 88 valence electrons. The molecule has 0 spiro atoms. The molecular weight excluding hydrogens is 292 g/mol. The summed E-state index contributed by atoms with van der Waals surface area (Å²) in [5.41, 5.74) is 1.51. The molecular formula is C15H15BrS. The van der Waals surface area contributed by atoms with Crippen LogP contribution in [0.4, 0.5) is 0 Å². The Kier molecular flexibility index (Phi) is 3.34. The van der Waals surface area contributed by atoms with Crippen molar-refractivity contribution in [1.82, 2.24) is 0 Å². The molecule has 1 aliphatic carbocycles. The Morgan fingerprint density at radius 2 is 2.00 bits per heavy atom. The Morgan fingerprint density at radius 1 is 1.18 bits per heavy atom. The largest absolute Gasteiger partial charge is 0.149 e. The third-order valence-electron chi connectivity index (χ3n) is 3.51. The molecule has 0 amide bonds. The molecule has 0 bridgehead atoms. The predicted molar refractivity (Wildman–Crippen MR) is 78.0 cm³/mol. The van der Waals surface area contributed by atoms with E-state index < -0.39 is 0 Å². The monoisotopic (exact) mass is 306 g/mol. The first-order valence-corrected chi connectivity index (χ1v) is 7.85. The number of hydrogen-bond donors (Lipinski definition) is 0. The second-order valence-corrected chi connectivity index (χ2v) is 6.92. The van der Waals surface area contributed by atoms with Crippen molar-refractivity contribution < 1.29 is 0 Å². The van der Waals surface area contributed by atoms with Crippen molar-refractivity contribution in [3.8, 4) is 0 Å². The lowest BCUT2D eigenvalue weighted by atomic mass is 10.1. The summed E-state index contributed by atoms with van der Waals surface area (Å²) in [6.07, 6.45) is 2.51. The molecule has 1 aromatic carbocycles. The minimum absolute atomic E-state index is 0.631. The number of rotatable bonds is 4. The number of halogens is 1. The maximum absolute atomic E-state index is 3.87. The minimum Gasteiger partial charge on any atom is -0.149 e. The lowest BCUT2D eigenvalue weighted by molar-refractivity contribution is 0.741. The maximum Gasteiger partial charge on any atom is 0.0228 e. The van der Waals surface area contributed by atoms with Gasteiger partial charge in [0.15, 0.2) is 0 Å². The van der Waals surface area contributed by atoms with Crippen LogP contribution in [-0.4, -0.2) is 4.83 Å². The fourth-order valence-electron chi connectivity index (χ4n) is 2.47. The van der Waals surface area contributed by atoms with Gasteiger partial charge >= 0.3 is 0 Å². The van der Waals surface area contributed by atoms with E-state index in [1.165, 1.54) is 23.3 Å². The van der Waals surface area contributed by atoms with Gasteiger partial charge in [0.1, 0.15) is 0 Å². The summed E-state index contributed by atoms with van der Waals surface area (Å²) in [5, 5.41) is 2.16. The summed E-state index contributed by atoms with van der Waals surface area (Å²) < 4.78 is 0. The van der Waals surface area contributed by atoms with Crippen LogP contribution in [0, 0.1) is 5.92 Å². The number of hydrogen-bond acceptors (Lipinski definition) is 1. The molecule has 1 fully saturated rings. The molecule has 3 atom stereocenters. The molecule has 1 saturated carbocycles. The fourth-order valence-corrected chi connectivity index (χ4v) is 4.38. The lowest BCUT2D eigenvalue weighted by Gasteiger charge is -2.08. The predicted octanol–water partition coefficient (Wildman–Crippen LogP) is 4.86. The van der Waals surface area contributed by atoms with Crippen LogP contribution in [0.15, 0.2) is 47.8 Å². The normalized spacial score (nSPS) is 24.5. The molecule has 0 radical (unpaired) electrons. The van der Waals surface area contributed by atoms with Gasteiger partial charge in [-0.2, -0.15) is 0 Å². The first-order valence-electron chi connectivity index (χ1n) is 6.06. The van der Waals surface area contributed by atoms with Crippen LogP contribution in [0.5, 0.6) is 0 Å². The summed E-state index contributed by atoms with van der Waals surface area (Å²) >= 11 is 5.73. The molecule has 0 N–H and O–H groups in total. The highest BCUT2D eigenvalue weighted by Crippen LogP contribution is 2.52. The van der Waals surface area contributed by atoms with Gasteiger partial charge in [-0.05, 0) is 41.7 Å². The molecule has 2 heteroatoms. The van der Waals surface area contributed by atoms with Crippen LogP contribution in [-0.2, 0) is 6.42 Å². The van der Waals surface area contributed by atoms with Gasteiger partial charge in [-0.15, -0.1) is 11.3 Å². The Hall–Kier alpha value is -0.600. The molecule has 1 aliphatic rings. The Bertz CT molecular complexity index is 463. The molecule has 0 saturated heterocycles. The second-order valence-electron chi connectivity index (χ2n) is 4.72. The molecule has 3 rings (SSSR count). The SMILES string of the molecule is BrC(Cc1cccs1)C1CC1c1ccccc1. The summed E-state index contributed by atoms with van der Waals surface area (Å²) in [4.78, 5) is 2.12. The zero-order chi connectivity index (χ0) is 11.7. The number of thiophene rings is 1. The van der Waals surface area contributed by atoms with Crippen molar-refractivity contribution in [2.45, 2.75) is 23.6 Å². The van der Waals surface area contributed by atoms with Gasteiger partial charge < -0.3 is 0 Å². The van der Waals surface area contributed by atoms with E-state index in [1.54, 1.807) is 0 Å². The van der Waals surface area contributed by atoms with E-state index in [4.69, 9.17) is 0 Å². The summed E-state index contributed by atoms with van der Waals surface area (Å²) in [5.74, 6) is 1.60. The maximum atomic E-state index is 3.87. The van der Waals surface area contributed by atoms with E-state index >= 15 is 0 Å². The summed E-state index contributed by atoms with van der Waals surface area (Å²) in [7, 11) is 0. The molecule has 1 aromatic heterocycles. The van der Waals surface area contributed by atoms with E-state index in [1.807, 2.05) is 11.3 Å². The van der Waals surface area contributed by atoms with Crippen molar-refractivity contribution in [3.63, 3.8) is 0 Å². The van der Waals surface area contributed by atoms with Gasteiger partial charge in [-0.25, -0.2) is 0 Å². The van der Waals surface area contributed by atoms with Crippen LogP contribution in [0.1, 0.15) is 22.8 Å². The van der Waals surface area contributed by atoms with E-state index in [9.17, 15) is 0 Å². The lowest BCUT2D eigenvalue weighted by Crippen LogP contribution is -2.05. The average Bonchev–Trinajstić information content (AvgIpc) is 3.02. The minimum atomic E-state index is 0.631. The van der Waals surface area contributed by atoms with E-state index in [-0.39, 0.29) is 0 Å². The van der Waals surface area contributed by atoms with E-state index in [2.05, 4.69) is 63.8 Å². The van der Waals surface area contributed by atoms with Gasteiger partial charge in [-0.1, -0.05) is 52.3 Å². The first kappa shape index (κ1) is 11.5. The second kappa shape index (κ2) is 4.95. The molecule has 1 heterocycles. The summed E-state index contributed by atoms with van der Waals surface area (Å²) in [6.45, 7) is 0. The summed E-state index contributed by atoms with van der Waals surface area (Å²) in [6, 6.07) is 15.3. The van der Waals surface area contributed by atoms with Crippen LogP contribution in [0.3, 0.4) is 0 Å². The van der Waals surface area contributed by atoms with Crippen molar-refractivity contribution in [1.29, 1.82) is 0 Å². The Morgan fingerprint density at radius 3 is 2.71 bits per heavy atom. The molecule has 2 aromatic rings. The van der Waals surface area contributed by atoms with Gasteiger partial charge in [0.25, 0.3) is 0 Å².